The molecule has 1 unspecified atom stereocenters. The average molecular weight is 319 g/mol. The van der Waals surface area contributed by atoms with E-state index in [0.717, 1.165) is 24.9 Å². The Morgan fingerprint density at radius 1 is 1.43 bits per heavy atom. The molecule has 0 aromatic heterocycles. The minimum absolute atomic E-state index is 0.0993. The van der Waals surface area contributed by atoms with Gasteiger partial charge in [0.25, 0.3) is 0 Å². The molecule has 1 aliphatic heterocycles. The summed E-state index contributed by atoms with van der Waals surface area (Å²) < 4.78 is 5.07. The molecular formula is C17H25N3O3. The molecule has 1 heterocycles. The maximum Gasteiger partial charge on any atom is 0.310 e. The predicted octanol–water partition coefficient (Wildman–Crippen LogP) is 1.79. The van der Waals surface area contributed by atoms with Gasteiger partial charge in [-0.3, -0.25) is 14.5 Å². The van der Waals surface area contributed by atoms with E-state index in [1.165, 1.54) is 0 Å². The highest BCUT2D eigenvalue weighted by molar-refractivity contribution is 5.92. The number of likely N-dealkylation sites (tertiary alicyclic amines) is 1. The highest BCUT2D eigenvalue weighted by atomic mass is 16.5. The second-order valence-corrected chi connectivity index (χ2v) is 5.95. The van der Waals surface area contributed by atoms with Crippen LogP contribution in [0, 0.1) is 12.8 Å². The van der Waals surface area contributed by atoms with Crippen molar-refractivity contribution in [3.8, 4) is 0 Å². The van der Waals surface area contributed by atoms with Crippen molar-refractivity contribution in [3.05, 3.63) is 23.8 Å². The van der Waals surface area contributed by atoms with Crippen LogP contribution < -0.4 is 11.1 Å². The highest BCUT2D eigenvalue weighted by Gasteiger charge is 2.27. The van der Waals surface area contributed by atoms with Crippen molar-refractivity contribution in [2.24, 2.45) is 5.92 Å². The topological polar surface area (TPSA) is 84.7 Å². The number of amides is 1. The third kappa shape index (κ3) is 4.96. The van der Waals surface area contributed by atoms with Crippen molar-refractivity contribution in [2.75, 3.05) is 37.3 Å². The van der Waals surface area contributed by atoms with E-state index in [1.807, 2.05) is 24.0 Å². The lowest BCUT2D eigenvalue weighted by Crippen LogP contribution is -2.43. The number of anilines is 2. The van der Waals surface area contributed by atoms with Crippen LogP contribution in [-0.2, 0) is 14.3 Å². The average Bonchev–Trinajstić information content (AvgIpc) is 2.51. The number of carbonyl (C=O) groups excluding carboxylic acids is 2. The van der Waals surface area contributed by atoms with Crippen LogP contribution >= 0.6 is 0 Å². The zero-order valence-electron chi connectivity index (χ0n) is 13.8. The monoisotopic (exact) mass is 319 g/mol. The molecule has 0 radical (unpaired) electrons. The lowest BCUT2D eigenvalue weighted by molar-refractivity contribution is -0.150. The summed E-state index contributed by atoms with van der Waals surface area (Å²) in [6.07, 6.45) is 1.72. The highest BCUT2D eigenvalue weighted by Crippen LogP contribution is 2.19. The maximum atomic E-state index is 12.2. The fourth-order valence-electron chi connectivity index (χ4n) is 2.77. The second-order valence-electron chi connectivity index (χ2n) is 5.95. The van der Waals surface area contributed by atoms with Crippen molar-refractivity contribution < 1.29 is 14.3 Å². The van der Waals surface area contributed by atoms with Gasteiger partial charge in [-0.1, -0.05) is 6.07 Å². The third-order valence-electron chi connectivity index (χ3n) is 4.06. The number of nitrogens with two attached hydrogens (primary N) is 1. The number of piperidine rings is 1. The normalized spacial score (nSPS) is 18.4. The first-order chi connectivity index (χ1) is 11.0. The first kappa shape index (κ1) is 17.3. The first-order valence-corrected chi connectivity index (χ1v) is 8.04. The van der Waals surface area contributed by atoms with E-state index in [2.05, 4.69) is 5.32 Å². The van der Waals surface area contributed by atoms with E-state index in [0.29, 0.717) is 24.5 Å². The summed E-state index contributed by atoms with van der Waals surface area (Å²) in [5.41, 5.74) is 8.18. The Morgan fingerprint density at radius 2 is 2.22 bits per heavy atom. The summed E-state index contributed by atoms with van der Waals surface area (Å²) in [4.78, 5) is 26.0. The molecule has 126 valence electrons. The number of esters is 1. The molecule has 0 aliphatic carbocycles. The molecule has 0 spiro atoms. The van der Waals surface area contributed by atoms with E-state index in [1.54, 1.807) is 13.0 Å². The Labute approximate surface area is 137 Å². The Morgan fingerprint density at radius 3 is 2.91 bits per heavy atom. The minimum Gasteiger partial charge on any atom is -0.466 e. The largest absolute Gasteiger partial charge is 0.466 e. The summed E-state index contributed by atoms with van der Waals surface area (Å²) >= 11 is 0. The fraction of sp³-hybridized carbons (Fsp3) is 0.529. The van der Waals surface area contributed by atoms with Crippen LogP contribution in [0.15, 0.2) is 18.2 Å². The quantitative estimate of drug-likeness (QED) is 0.638. The van der Waals surface area contributed by atoms with Gasteiger partial charge in [-0.25, -0.2) is 0 Å². The van der Waals surface area contributed by atoms with E-state index in [9.17, 15) is 9.59 Å². The molecule has 1 fully saturated rings. The molecule has 1 aromatic carbocycles. The Balaban J connectivity index is 1.86. The van der Waals surface area contributed by atoms with Crippen LogP contribution in [0.5, 0.6) is 0 Å². The summed E-state index contributed by atoms with van der Waals surface area (Å²) in [6.45, 7) is 5.78. The number of hydrogen-bond donors (Lipinski definition) is 2. The van der Waals surface area contributed by atoms with Crippen molar-refractivity contribution in [3.63, 3.8) is 0 Å². The molecule has 1 atom stereocenters. The van der Waals surface area contributed by atoms with Crippen LogP contribution in [0.1, 0.15) is 25.3 Å². The van der Waals surface area contributed by atoms with Crippen LogP contribution in [0.25, 0.3) is 0 Å². The van der Waals surface area contributed by atoms with Gasteiger partial charge in [-0.05, 0) is 50.9 Å². The standard InChI is InChI=1S/C17H25N3O3/c1-3-23-17(22)13-5-4-8-20(10-13)11-16(21)19-14-7-6-12(2)15(18)9-14/h6-7,9,13H,3-5,8,10-11,18H2,1-2H3,(H,19,21). The molecule has 1 aliphatic rings. The van der Waals surface area contributed by atoms with Gasteiger partial charge in [0.2, 0.25) is 5.91 Å². The first-order valence-electron chi connectivity index (χ1n) is 8.04. The molecule has 1 saturated heterocycles. The van der Waals surface area contributed by atoms with Gasteiger partial charge >= 0.3 is 5.97 Å². The Bertz CT molecular complexity index is 574. The third-order valence-corrected chi connectivity index (χ3v) is 4.06. The minimum atomic E-state index is -0.163. The molecule has 6 heteroatoms. The number of benzene rings is 1. The smallest absolute Gasteiger partial charge is 0.310 e. The molecule has 1 amide bonds. The summed E-state index contributed by atoms with van der Waals surface area (Å²) in [7, 11) is 0. The van der Waals surface area contributed by atoms with Gasteiger partial charge in [0.1, 0.15) is 0 Å². The van der Waals surface area contributed by atoms with Gasteiger partial charge in [0.15, 0.2) is 0 Å². The van der Waals surface area contributed by atoms with Crippen molar-refractivity contribution in [2.45, 2.75) is 26.7 Å². The fourth-order valence-corrected chi connectivity index (χ4v) is 2.77. The molecule has 3 N–H and O–H groups in total. The summed E-state index contributed by atoms with van der Waals surface area (Å²) in [5, 5.41) is 2.85. The van der Waals surface area contributed by atoms with Crippen LogP contribution in [-0.4, -0.2) is 43.0 Å². The Kier molecular flexibility index (Phi) is 5.98. The van der Waals surface area contributed by atoms with Crippen LogP contribution in [0.3, 0.4) is 0 Å². The zero-order chi connectivity index (χ0) is 16.8. The predicted molar refractivity (Wildman–Crippen MR) is 90.0 cm³/mol. The number of nitrogens with one attached hydrogen (secondary N) is 1. The second kappa shape index (κ2) is 7.97. The van der Waals surface area contributed by atoms with E-state index in [-0.39, 0.29) is 24.3 Å². The van der Waals surface area contributed by atoms with Gasteiger partial charge in [-0.15, -0.1) is 0 Å². The number of carbonyl (C=O) groups is 2. The van der Waals surface area contributed by atoms with E-state index in [4.69, 9.17) is 10.5 Å². The molecule has 2 rings (SSSR count). The maximum absolute atomic E-state index is 12.2. The van der Waals surface area contributed by atoms with Crippen molar-refractivity contribution in [1.29, 1.82) is 0 Å². The van der Waals surface area contributed by atoms with Gasteiger partial charge in [0.05, 0.1) is 19.1 Å². The number of ether oxygens (including phenoxy) is 1. The zero-order valence-corrected chi connectivity index (χ0v) is 13.8. The van der Waals surface area contributed by atoms with Gasteiger partial charge in [-0.2, -0.15) is 0 Å². The van der Waals surface area contributed by atoms with Crippen molar-refractivity contribution in [1.82, 2.24) is 4.90 Å². The number of rotatable bonds is 5. The lowest BCUT2D eigenvalue weighted by Gasteiger charge is -2.30. The van der Waals surface area contributed by atoms with E-state index >= 15 is 0 Å². The van der Waals surface area contributed by atoms with Gasteiger partial charge < -0.3 is 15.8 Å². The summed E-state index contributed by atoms with van der Waals surface area (Å²) in [6, 6.07) is 5.47. The van der Waals surface area contributed by atoms with Crippen LogP contribution in [0.4, 0.5) is 11.4 Å². The molecule has 1 aromatic rings. The SMILES string of the molecule is CCOC(=O)C1CCCN(CC(=O)Nc2ccc(C)c(N)c2)C1. The summed E-state index contributed by atoms with van der Waals surface area (Å²) in [5.74, 6) is -0.395. The van der Waals surface area contributed by atoms with Crippen molar-refractivity contribution >= 4 is 23.3 Å². The number of aryl methyl sites for hydroxylation is 1. The molecule has 0 saturated carbocycles. The molecular weight excluding hydrogens is 294 g/mol. The number of nitrogens with zero attached hydrogens (tertiary/aromatic N) is 1. The lowest BCUT2D eigenvalue weighted by atomic mass is 9.98. The number of nitrogen functional groups attached to an aromatic ring is 1. The Hall–Kier alpha value is -2.08. The molecule has 0 bridgehead atoms. The van der Waals surface area contributed by atoms with Gasteiger partial charge in [0, 0.05) is 17.9 Å². The molecule has 23 heavy (non-hydrogen) atoms. The molecule has 6 nitrogen and oxygen atoms in total. The number of hydrogen-bond acceptors (Lipinski definition) is 5. The van der Waals surface area contributed by atoms with E-state index < -0.39 is 0 Å². The van der Waals surface area contributed by atoms with Crippen LogP contribution in [0.2, 0.25) is 0 Å².